The summed E-state index contributed by atoms with van der Waals surface area (Å²) >= 11 is 0. The van der Waals surface area contributed by atoms with Crippen LogP contribution in [0.5, 0.6) is 5.75 Å². The molecule has 0 radical (unpaired) electrons. The molecule has 0 saturated carbocycles. The summed E-state index contributed by atoms with van der Waals surface area (Å²) in [5.74, 6) is -0.141. The Morgan fingerprint density at radius 2 is 1.90 bits per heavy atom. The molecule has 2 aromatic rings. The van der Waals surface area contributed by atoms with E-state index in [1.54, 1.807) is 52.0 Å². The lowest BCUT2D eigenvalue weighted by Crippen LogP contribution is -2.46. The summed E-state index contributed by atoms with van der Waals surface area (Å²) in [5.41, 5.74) is 2.35. The van der Waals surface area contributed by atoms with Crippen LogP contribution in [0.3, 0.4) is 0 Å². The zero-order chi connectivity index (χ0) is 22.8. The van der Waals surface area contributed by atoms with Crippen molar-refractivity contribution in [2.24, 2.45) is 0 Å². The minimum Gasteiger partial charge on any atom is -0.489 e. The lowest BCUT2D eigenvalue weighted by atomic mass is 9.92. The van der Waals surface area contributed by atoms with E-state index in [0.717, 1.165) is 11.1 Å². The van der Waals surface area contributed by atoms with E-state index in [4.69, 9.17) is 14.2 Å². The highest BCUT2D eigenvalue weighted by Gasteiger charge is 2.39. The van der Waals surface area contributed by atoms with Gasteiger partial charge in [0.2, 0.25) is 0 Å². The first-order valence-electron chi connectivity index (χ1n) is 10.2. The molecule has 1 aliphatic heterocycles. The molecule has 1 atom stereocenters. The first-order chi connectivity index (χ1) is 14.6. The maximum atomic E-state index is 13.4. The Morgan fingerprint density at radius 3 is 2.55 bits per heavy atom. The van der Waals surface area contributed by atoms with E-state index in [1.807, 2.05) is 6.07 Å². The van der Waals surface area contributed by atoms with Crippen LogP contribution < -0.4 is 4.74 Å². The Hall–Kier alpha value is -3.09. The highest BCUT2D eigenvalue weighted by molar-refractivity contribution is 5.84. The van der Waals surface area contributed by atoms with Crippen LogP contribution in [0.4, 0.5) is 9.18 Å². The minimum atomic E-state index is -0.877. The van der Waals surface area contributed by atoms with Crippen LogP contribution in [0.25, 0.3) is 0 Å². The van der Waals surface area contributed by atoms with Gasteiger partial charge in [-0.1, -0.05) is 12.1 Å². The Kier molecular flexibility index (Phi) is 6.53. The number of hydrogen-bond acceptors (Lipinski definition) is 5. The van der Waals surface area contributed by atoms with E-state index < -0.39 is 23.7 Å². The molecule has 2 aromatic carbocycles. The number of carbonyl (C=O) groups excluding carboxylic acids is 2. The van der Waals surface area contributed by atoms with Gasteiger partial charge >= 0.3 is 12.1 Å². The topological polar surface area (TPSA) is 65.1 Å². The molecule has 1 aliphatic rings. The SMILES string of the molecule is COC(=O)[C@H]1c2ccc(OCc3ccc(F)c(C)c3)cc2CCN1C(=O)OC(C)(C)C. The number of rotatable bonds is 4. The summed E-state index contributed by atoms with van der Waals surface area (Å²) in [6.07, 6.45) is -0.00452. The Balaban J connectivity index is 1.81. The molecule has 0 bridgehead atoms. The van der Waals surface area contributed by atoms with E-state index in [1.165, 1.54) is 18.1 Å². The van der Waals surface area contributed by atoms with Crippen LogP contribution in [-0.2, 0) is 27.3 Å². The van der Waals surface area contributed by atoms with Crippen LogP contribution >= 0.6 is 0 Å². The number of hydrogen-bond donors (Lipinski definition) is 0. The quantitative estimate of drug-likeness (QED) is 0.658. The fourth-order valence-corrected chi connectivity index (χ4v) is 3.54. The number of methoxy groups -OCH3 is 1. The molecule has 7 heteroatoms. The van der Waals surface area contributed by atoms with Crippen molar-refractivity contribution in [3.8, 4) is 5.75 Å². The molecule has 166 valence electrons. The molecule has 0 saturated heterocycles. The summed E-state index contributed by atoms with van der Waals surface area (Å²) < 4.78 is 29.8. The molecule has 31 heavy (non-hydrogen) atoms. The smallest absolute Gasteiger partial charge is 0.411 e. The fourth-order valence-electron chi connectivity index (χ4n) is 3.54. The largest absolute Gasteiger partial charge is 0.489 e. The summed E-state index contributed by atoms with van der Waals surface area (Å²) in [5, 5.41) is 0. The van der Waals surface area contributed by atoms with Gasteiger partial charge in [-0.05, 0) is 80.6 Å². The number of benzene rings is 2. The van der Waals surface area contributed by atoms with Crippen LogP contribution in [0.1, 0.15) is 49.1 Å². The van der Waals surface area contributed by atoms with Gasteiger partial charge in [0, 0.05) is 6.54 Å². The maximum Gasteiger partial charge on any atom is 0.411 e. The van der Waals surface area contributed by atoms with Crippen LogP contribution in [0.15, 0.2) is 36.4 Å². The van der Waals surface area contributed by atoms with E-state index in [9.17, 15) is 14.0 Å². The minimum absolute atomic E-state index is 0.249. The lowest BCUT2D eigenvalue weighted by Gasteiger charge is -2.36. The summed E-state index contributed by atoms with van der Waals surface area (Å²) in [7, 11) is 1.30. The van der Waals surface area contributed by atoms with Gasteiger partial charge in [0.05, 0.1) is 7.11 Å². The Bertz CT molecular complexity index is 982. The molecule has 0 spiro atoms. The third kappa shape index (κ3) is 5.34. The Morgan fingerprint density at radius 1 is 1.16 bits per heavy atom. The molecule has 3 rings (SSSR count). The van der Waals surface area contributed by atoms with E-state index in [2.05, 4.69) is 0 Å². The number of nitrogens with zero attached hydrogens (tertiary/aromatic N) is 1. The highest BCUT2D eigenvalue weighted by atomic mass is 19.1. The molecule has 0 fully saturated rings. The molecular weight excluding hydrogens is 401 g/mol. The van der Waals surface area contributed by atoms with Crippen LogP contribution in [0.2, 0.25) is 0 Å². The van der Waals surface area contributed by atoms with Crippen molar-refractivity contribution in [3.63, 3.8) is 0 Å². The van der Waals surface area contributed by atoms with E-state index >= 15 is 0 Å². The van der Waals surface area contributed by atoms with E-state index in [0.29, 0.717) is 36.4 Å². The van der Waals surface area contributed by atoms with Crippen molar-refractivity contribution in [1.29, 1.82) is 0 Å². The molecule has 1 amide bonds. The standard InChI is InChI=1S/C24H28FNO5/c1-15-12-16(6-9-20(15)25)14-30-18-7-8-19-17(13-18)10-11-26(21(19)22(27)29-5)23(28)31-24(2,3)4/h6-9,12-13,21H,10-11,14H2,1-5H3/t21-/m1/s1. The molecule has 0 unspecified atom stereocenters. The van der Waals surface area contributed by atoms with Gasteiger partial charge in [0.25, 0.3) is 0 Å². The van der Waals surface area contributed by atoms with Crippen LogP contribution in [-0.4, -0.2) is 36.2 Å². The normalized spacial score (nSPS) is 15.8. The Labute approximate surface area is 181 Å². The summed E-state index contributed by atoms with van der Waals surface area (Å²) in [6, 6.07) is 9.38. The van der Waals surface area contributed by atoms with Crippen molar-refractivity contribution in [2.45, 2.75) is 52.4 Å². The number of esters is 1. The molecule has 0 N–H and O–H groups in total. The lowest BCUT2D eigenvalue weighted by molar-refractivity contribution is -0.147. The van der Waals surface area contributed by atoms with Gasteiger partial charge in [0.1, 0.15) is 23.8 Å². The van der Waals surface area contributed by atoms with E-state index in [-0.39, 0.29) is 5.82 Å². The van der Waals surface area contributed by atoms with Crippen molar-refractivity contribution >= 4 is 12.1 Å². The third-order valence-electron chi connectivity index (χ3n) is 5.02. The zero-order valence-corrected chi connectivity index (χ0v) is 18.5. The zero-order valence-electron chi connectivity index (χ0n) is 18.5. The fraction of sp³-hybridized carbons (Fsp3) is 0.417. The number of fused-ring (bicyclic) bond motifs is 1. The van der Waals surface area contributed by atoms with Gasteiger partial charge in [-0.3, -0.25) is 4.90 Å². The second-order valence-electron chi connectivity index (χ2n) is 8.58. The maximum absolute atomic E-state index is 13.4. The van der Waals surface area contributed by atoms with Gasteiger partial charge in [0.15, 0.2) is 6.04 Å². The molecular formula is C24H28FNO5. The van der Waals surface area contributed by atoms with Gasteiger partial charge in [-0.2, -0.15) is 0 Å². The number of carbonyl (C=O) groups is 2. The van der Waals surface area contributed by atoms with Gasteiger partial charge < -0.3 is 14.2 Å². The number of ether oxygens (including phenoxy) is 3. The molecule has 0 aromatic heterocycles. The van der Waals surface area contributed by atoms with Crippen molar-refractivity contribution < 1.29 is 28.2 Å². The van der Waals surface area contributed by atoms with Crippen molar-refractivity contribution in [2.75, 3.05) is 13.7 Å². The van der Waals surface area contributed by atoms with Gasteiger partial charge in [-0.25, -0.2) is 14.0 Å². The summed E-state index contributed by atoms with van der Waals surface area (Å²) in [4.78, 5) is 26.6. The van der Waals surface area contributed by atoms with Crippen molar-refractivity contribution in [1.82, 2.24) is 4.90 Å². The number of amides is 1. The number of aryl methyl sites for hydroxylation is 1. The average molecular weight is 429 g/mol. The third-order valence-corrected chi connectivity index (χ3v) is 5.02. The molecule has 0 aliphatic carbocycles. The molecule has 6 nitrogen and oxygen atoms in total. The highest BCUT2D eigenvalue weighted by Crippen LogP contribution is 2.34. The molecule has 1 heterocycles. The first kappa shape index (κ1) is 22.6. The predicted molar refractivity (Wildman–Crippen MR) is 113 cm³/mol. The monoisotopic (exact) mass is 429 g/mol. The second kappa shape index (κ2) is 8.96. The average Bonchev–Trinajstić information content (AvgIpc) is 2.71. The van der Waals surface area contributed by atoms with Crippen molar-refractivity contribution in [3.05, 3.63) is 64.5 Å². The summed E-state index contributed by atoms with van der Waals surface area (Å²) in [6.45, 7) is 7.67. The number of halogens is 1. The van der Waals surface area contributed by atoms with Crippen LogP contribution in [0, 0.1) is 12.7 Å². The van der Waals surface area contributed by atoms with Gasteiger partial charge in [-0.15, -0.1) is 0 Å². The first-order valence-corrected chi connectivity index (χ1v) is 10.2. The second-order valence-corrected chi connectivity index (χ2v) is 8.58. The predicted octanol–water partition coefficient (Wildman–Crippen LogP) is 4.72.